The Hall–Kier alpha value is -5.19. The van der Waals surface area contributed by atoms with Crippen LogP contribution in [0, 0.1) is 0 Å². The molecule has 3 heterocycles. The highest BCUT2D eigenvalue weighted by molar-refractivity contribution is 7.98. The quantitative estimate of drug-likeness (QED) is 0.203. The van der Waals surface area contributed by atoms with Crippen molar-refractivity contribution in [2.45, 2.75) is 23.0 Å². The normalized spacial score (nSPS) is 15.6. The maximum absolute atomic E-state index is 5.00. The van der Waals surface area contributed by atoms with Crippen LogP contribution in [0.25, 0.3) is 61.0 Å². The molecule has 0 saturated carbocycles. The lowest BCUT2D eigenvalue weighted by Gasteiger charge is -2.20. The first-order chi connectivity index (χ1) is 22.3. The number of rotatable bonds is 4. The van der Waals surface area contributed by atoms with Gasteiger partial charge in [-0.2, -0.15) is 0 Å². The number of benzene rings is 5. The summed E-state index contributed by atoms with van der Waals surface area (Å²) < 4.78 is 2.40. The Morgan fingerprint density at radius 3 is 2.42 bits per heavy atom. The fraction of sp³-hybridized carbons (Fsp3) is 0.0732. The first-order valence-corrected chi connectivity index (χ1v) is 16.4. The Labute approximate surface area is 266 Å². The second kappa shape index (κ2) is 10.8. The molecule has 0 N–H and O–H groups in total. The maximum Gasteiger partial charge on any atom is 0.136 e. The van der Waals surface area contributed by atoms with Crippen molar-refractivity contribution in [1.82, 2.24) is 14.5 Å². The number of fused-ring (bicyclic) bond motifs is 6. The summed E-state index contributed by atoms with van der Waals surface area (Å²) in [5.41, 5.74) is 12.2. The summed E-state index contributed by atoms with van der Waals surface area (Å²) >= 11 is 1.93. The fourth-order valence-corrected chi connectivity index (χ4v) is 7.92. The van der Waals surface area contributed by atoms with Crippen LogP contribution in [-0.2, 0) is 5.75 Å². The predicted octanol–water partition coefficient (Wildman–Crippen LogP) is 10.8. The number of nitrogens with zero attached hydrogens (tertiary/aromatic N) is 3. The minimum Gasteiger partial charge on any atom is -0.310 e. The van der Waals surface area contributed by atoms with Gasteiger partial charge in [0.1, 0.15) is 5.82 Å². The summed E-state index contributed by atoms with van der Waals surface area (Å²) in [5.74, 6) is 1.97. The van der Waals surface area contributed by atoms with Crippen LogP contribution in [0.1, 0.15) is 23.7 Å². The summed E-state index contributed by atoms with van der Waals surface area (Å²) in [6.07, 6.45) is 9.61. The van der Waals surface area contributed by atoms with Crippen molar-refractivity contribution in [3.05, 3.63) is 157 Å². The fourth-order valence-electron chi connectivity index (χ4n) is 6.85. The van der Waals surface area contributed by atoms with Crippen LogP contribution >= 0.6 is 11.8 Å². The molecule has 0 saturated heterocycles. The van der Waals surface area contributed by atoms with E-state index in [1.807, 2.05) is 30.1 Å². The number of hydrogen-bond acceptors (Lipinski definition) is 3. The third kappa shape index (κ3) is 4.52. The number of hydrogen-bond donors (Lipinski definition) is 0. The smallest absolute Gasteiger partial charge is 0.136 e. The van der Waals surface area contributed by atoms with Gasteiger partial charge in [-0.1, -0.05) is 91.0 Å². The maximum atomic E-state index is 5.00. The van der Waals surface area contributed by atoms with Gasteiger partial charge < -0.3 is 4.57 Å². The van der Waals surface area contributed by atoms with Gasteiger partial charge in [-0.05, 0) is 82.8 Å². The SMILES string of the molecule is C1=CC(n2c3ccccc3c3cc(-c4ccc5c(c4)-c4ccccc4SC5)ccc32)=CC(c2nccc(-c3ccccc3)n2)C1. The second-order valence-corrected chi connectivity index (χ2v) is 12.8. The highest BCUT2D eigenvalue weighted by Gasteiger charge is 2.21. The lowest BCUT2D eigenvalue weighted by molar-refractivity contribution is 0.771. The van der Waals surface area contributed by atoms with E-state index in [0.717, 1.165) is 35.0 Å². The molecule has 1 aliphatic heterocycles. The summed E-state index contributed by atoms with van der Waals surface area (Å²) in [6.45, 7) is 0. The molecule has 0 bridgehead atoms. The molecule has 5 aromatic carbocycles. The third-order valence-corrected chi connectivity index (χ3v) is 10.2. The summed E-state index contributed by atoms with van der Waals surface area (Å²) in [7, 11) is 0. The molecule has 9 rings (SSSR count). The average Bonchev–Trinajstić information content (AvgIpc) is 3.45. The lowest BCUT2D eigenvalue weighted by atomic mass is 9.94. The van der Waals surface area contributed by atoms with Crippen molar-refractivity contribution < 1.29 is 0 Å². The second-order valence-electron chi connectivity index (χ2n) is 11.7. The van der Waals surface area contributed by atoms with E-state index in [4.69, 9.17) is 9.97 Å². The molecule has 2 aromatic heterocycles. The largest absolute Gasteiger partial charge is 0.310 e. The highest BCUT2D eigenvalue weighted by Crippen LogP contribution is 2.43. The van der Waals surface area contributed by atoms with Crippen LogP contribution in [0.5, 0.6) is 0 Å². The van der Waals surface area contributed by atoms with Crippen LogP contribution in [0.2, 0.25) is 0 Å². The van der Waals surface area contributed by atoms with Crippen molar-refractivity contribution in [1.29, 1.82) is 0 Å². The molecule has 7 aromatic rings. The molecule has 3 nitrogen and oxygen atoms in total. The third-order valence-electron chi connectivity index (χ3n) is 9.06. The van der Waals surface area contributed by atoms with Crippen LogP contribution < -0.4 is 0 Å². The summed E-state index contributed by atoms with van der Waals surface area (Å²) in [6, 6.07) is 43.8. The number of allylic oxidation sites excluding steroid dienone is 4. The van der Waals surface area contributed by atoms with E-state index in [2.05, 4.69) is 132 Å². The van der Waals surface area contributed by atoms with E-state index in [9.17, 15) is 0 Å². The molecule has 1 atom stereocenters. The van der Waals surface area contributed by atoms with E-state index < -0.39 is 0 Å². The van der Waals surface area contributed by atoms with Gasteiger partial charge in [-0.3, -0.25) is 0 Å². The molecule has 2 aliphatic rings. The number of para-hydroxylation sites is 1. The van der Waals surface area contributed by atoms with Crippen LogP contribution in [-0.4, -0.2) is 14.5 Å². The van der Waals surface area contributed by atoms with E-state index in [0.29, 0.717) is 0 Å². The van der Waals surface area contributed by atoms with Crippen molar-refractivity contribution in [3.63, 3.8) is 0 Å². The molecule has 0 spiro atoms. The monoisotopic (exact) mass is 595 g/mol. The molecular weight excluding hydrogens is 567 g/mol. The van der Waals surface area contributed by atoms with E-state index >= 15 is 0 Å². The minimum atomic E-state index is 0.0979. The van der Waals surface area contributed by atoms with Crippen molar-refractivity contribution >= 4 is 39.3 Å². The number of thioether (sulfide) groups is 1. The van der Waals surface area contributed by atoms with Gasteiger partial charge in [0.05, 0.1) is 16.7 Å². The van der Waals surface area contributed by atoms with Gasteiger partial charge in [-0.15, -0.1) is 11.8 Å². The molecule has 1 aliphatic carbocycles. The zero-order valence-corrected chi connectivity index (χ0v) is 25.4. The Morgan fingerprint density at radius 2 is 1.47 bits per heavy atom. The Kier molecular flexibility index (Phi) is 6.27. The lowest BCUT2D eigenvalue weighted by Crippen LogP contribution is -2.07. The predicted molar refractivity (Wildman–Crippen MR) is 188 cm³/mol. The zero-order valence-electron chi connectivity index (χ0n) is 24.6. The molecular formula is C41H29N3S. The first-order valence-electron chi connectivity index (χ1n) is 15.5. The van der Waals surface area contributed by atoms with Crippen LogP contribution in [0.15, 0.2) is 151 Å². The molecule has 214 valence electrons. The topological polar surface area (TPSA) is 30.7 Å². The Morgan fingerprint density at radius 1 is 0.667 bits per heavy atom. The van der Waals surface area contributed by atoms with Crippen molar-refractivity contribution in [3.8, 4) is 33.5 Å². The summed E-state index contributed by atoms with van der Waals surface area (Å²) in [4.78, 5) is 11.1. The molecule has 0 amide bonds. The molecule has 45 heavy (non-hydrogen) atoms. The van der Waals surface area contributed by atoms with Crippen LogP contribution in [0.3, 0.4) is 0 Å². The van der Waals surface area contributed by atoms with Gasteiger partial charge in [0.2, 0.25) is 0 Å². The Bertz CT molecular complexity index is 2310. The van der Waals surface area contributed by atoms with Gasteiger partial charge >= 0.3 is 0 Å². The molecule has 1 unspecified atom stereocenters. The van der Waals surface area contributed by atoms with Crippen LogP contribution in [0.4, 0.5) is 0 Å². The van der Waals surface area contributed by atoms with E-state index in [-0.39, 0.29) is 5.92 Å². The standard InChI is InChI=1S/C41H29N3S/c1-2-9-27(10-3-1)37-21-22-42-41(43-37)30-11-8-12-32(23-30)44-38-15-6-4-13-33(38)36-25-29(19-20-39(36)44)28-17-18-31-26-45-40-16-7-5-14-34(40)35(31)24-28/h1-10,12-25,30H,11,26H2. The first kappa shape index (κ1) is 26.2. The van der Waals surface area contributed by atoms with E-state index in [1.165, 1.54) is 54.5 Å². The molecule has 0 radical (unpaired) electrons. The highest BCUT2D eigenvalue weighted by atomic mass is 32.2. The Balaban J connectivity index is 1.14. The van der Waals surface area contributed by atoms with Gasteiger partial charge in [0, 0.05) is 44.8 Å². The van der Waals surface area contributed by atoms with Gasteiger partial charge in [-0.25, -0.2) is 9.97 Å². The van der Waals surface area contributed by atoms with Crippen molar-refractivity contribution in [2.24, 2.45) is 0 Å². The molecule has 4 heteroatoms. The zero-order chi connectivity index (χ0) is 29.7. The van der Waals surface area contributed by atoms with Gasteiger partial charge in [0.15, 0.2) is 0 Å². The minimum absolute atomic E-state index is 0.0979. The van der Waals surface area contributed by atoms with Gasteiger partial charge in [0.25, 0.3) is 0 Å². The molecule has 0 fully saturated rings. The summed E-state index contributed by atoms with van der Waals surface area (Å²) in [5, 5.41) is 2.52. The van der Waals surface area contributed by atoms with Crippen molar-refractivity contribution in [2.75, 3.05) is 0 Å². The number of aromatic nitrogens is 3. The van der Waals surface area contributed by atoms with E-state index in [1.54, 1.807) is 0 Å². The average molecular weight is 596 g/mol.